The van der Waals surface area contributed by atoms with E-state index in [-0.39, 0.29) is 41.7 Å². The molecule has 2 fully saturated rings. The summed E-state index contributed by atoms with van der Waals surface area (Å²) in [7, 11) is -7.36. The zero-order chi connectivity index (χ0) is 30.7. The molecule has 1 saturated heterocycles. The molecule has 1 aliphatic heterocycles. The molecule has 2 heterocycles. The van der Waals surface area contributed by atoms with Crippen LogP contribution in [0.4, 0.5) is 10.1 Å². The summed E-state index contributed by atoms with van der Waals surface area (Å²) in [5.74, 6) is -0.564. The van der Waals surface area contributed by atoms with E-state index >= 15 is 0 Å². The van der Waals surface area contributed by atoms with Crippen LogP contribution in [-0.2, 0) is 20.0 Å². The predicted molar refractivity (Wildman–Crippen MR) is 159 cm³/mol. The lowest BCUT2D eigenvalue weighted by atomic mass is 10.0. The second-order valence-electron chi connectivity index (χ2n) is 11.0. The minimum atomic E-state index is -3.85. The van der Waals surface area contributed by atoms with E-state index in [2.05, 4.69) is 0 Å². The molecule has 4 aromatic rings. The van der Waals surface area contributed by atoms with Crippen molar-refractivity contribution in [3.05, 3.63) is 77.6 Å². The maximum Gasteiger partial charge on any atom is 0.340 e. The molecule has 1 unspecified atom stereocenters. The van der Waals surface area contributed by atoms with E-state index in [1.54, 1.807) is 36.4 Å². The summed E-state index contributed by atoms with van der Waals surface area (Å²) in [6.45, 7) is 0.218. The number of carboxylic acids is 1. The smallest absolute Gasteiger partial charge is 0.340 e. The van der Waals surface area contributed by atoms with Crippen LogP contribution in [0.1, 0.15) is 41.1 Å². The molecule has 0 amide bonds. The number of anilines is 1. The van der Waals surface area contributed by atoms with Crippen LogP contribution in [0, 0.1) is 5.82 Å². The fourth-order valence-electron chi connectivity index (χ4n) is 5.64. The van der Waals surface area contributed by atoms with Crippen LogP contribution in [0.5, 0.6) is 11.5 Å². The average molecular weight is 629 g/mol. The summed E-state index contributed by atoms with van der Waals surface area (Å²) in [4.78, 5) is 12.5. The van der Waals surface area contributed by atoms with Gasteiger partial charge in [-0.15, -0.1) is 0 Å². The first-order chi connectivity index (χ1) is 20.3. The number of sulfonamides is 2. The Morgan fingerprint density at radius 3 is 2.14 bits per heavy atom. The normalized spacial score (nSPS) is 17.8. The van der Waals surface area contributed by atoms with E-state index in [1.807, 2.05) is 0 Å². The van der Waals surface area contributed by atoms with Crippen LogP contribution in [-0.4, -0.2) is 63.9 Å². The van der Waals surface area contributed by atoms with Crippen molar-refractivity contribution < 1.29 is 40.3 Å². The maximum atomic E-state index is 13.2. The van der Waals surface area contributed by atoms with E-state index in [4.69, 9.17) is 9.15 Å². The minimum Gasteiger partial charge on any atom is -0.478 e. The second-order valence-corrected chi connectivity index (χ2v) is 14.8. The highest BCUT2D eigenvalue weighted by atomic mass is 32.2. The van der Waals surface area contributed by atoms with E-state index in [9.17, 15) is 31.1 Å². The number of nitrogens with zero attached hydrogens (tertiary/aromatic N) is 2. The molecule has 1 N–H and O–H groups in total. The molecule has 43 heavy (non-hydrogen) atoms. The van der Waals surface area contributed by atoms with Crippen LogP contribution in [0.2, 0.25) is 0 Å². The van der Waals surface area contributed by atoms with Crippen molar-refractivity contribution in [1.82, 2.24) is 4.31 Å². The lowest BCUT2D eigenvalue weighted by Gasteiger charge is -2.30. The van der Waals surface area contributed by atoms with Crippen LogP contribution in [0.15, 0.2) is 65.1 Å². The third kappa shape index (κ3) is 5.84. The molecule has 0 radical (unpaired) electrons. The molecular formula is C30H29FN2O8S2. The van der Waals surface area contributed by atoms with Crippen molar-refractivity contribution in [2.45, 2.75) is 31.2 Å². The Morgan fingerprint density at radius 1 is 0.977 bits per heavy atom. The number of hydrogen-bond donors (Lipinski definition) is 1. The van der Waals surface area contributed by atoms with E-state index in [0.29, 0.717) is 40.1 Å². The quantitative estimate of drug-likeness (QED) is 0.260. The molecule has 1 aromatic heterocycles. The number of hydrogen-bond acceptors (Lipinski definition) is 7. The Bertz CT molecular complexity index is 1930. The first-order valence-corrected chi connectivity index (χ1v) is 17.3. The lowest BCUT2D eigenvalue weighted by molar-refractivity contribution is 0.0699. The predicted octanol–water partition coefficient (Wildman–Crippen LogP) is 5.41. The number of benzene rings is 3. The summed E-state index contributed by atoms with van der Waals surface area (Å²) in [6.07, 6.45) is 4.14. The Kier molecular flexibility index (Phi) is 7.22. The number of fused-ring (bicyclic) bond motifs is 1. The van der Waals surface area contributed by atoms with E-state index in [1.165, 1.54) is 32.9 Å². The monoisotopic (exact) mass is 628 g/mol. The lowest BCUT2D eigenvalue weighted by Crippen LogP contribution is -2.42. The van der Waals surface area contributed by atoms with Crippen molar-refractivity contribution in [3.63, 3.8) is 0 Å². The zero-order valence-electron chi connectivity index (χ0n) is 23.4. The summed E-state index contributed by atoms with van der Waals surface area (Å²) in [5.41, 5.74) is 1.68. The van der Waals surface area contributed by atoms with Gasteiger partial charge in [0.25, 0.3) is 0 Å². The Hall–Kier alpha value is -3.94. The third-order valence-corrected chi connectivity index (χ3v) is 10.2. The molecule has 13 heteroatoms. The number of halogens is 1. The fraction of sp³-hybridized carbons (Fsp3) is 0.300. The molecule has 1 saturated carbocycles. The van der Waals surface area contributed by atoms with Gasteiger partial charge in [-0.25, -0.2) is 26.0 Å². The standard InChI is InChI=1S/C30H29FN2O8S2/c1-42(36,37)32-14-13-21(17-32)33(43(2,38)39)26-16-27-25(15-24(26)18-3-4-18)28(30(34)35)29(41-27)19-5-9-22(10-6-19)40-23-11-7-20(31)8-12-23/h5-12,15-16,18,21H,3-4,13-14,17H2,1-2H3,(H,34,35). The number of furan rings is 1. The third-order valence-electron chi connectivity index (χ3n) is 7.76. The van der Waals surface area contributed by atoms with Crippen molar-refractivity contribution in [2.75, 3.05) is 29.9 Å². The molecule has 6 rings (SSSR count). The molecule has 0 bridgehead atoms. The van der Waals surface area contributed by atoms with Gasteiger partial charge in [-0.1, -0.05) is 0 Å². The molecular weight excluding hydrogens is 599 g/mol. The largest absolute Gasteiger partial charge is 0.478 e. The van der Waals surface area contributed by atoms with Gasteiger partial charge in [-0.05, 0) is 85.3 Å². The molecule has 1 atom stereocenters. The average Bonchev–Trinajstić information content (AvgIpc) is 3.52. The van der Waals surface area contributed by atoms with Gasteiger partial charge in [0.05, 0.1) is 24.2 Å². The van der Waals surface area contributed by atoms with Crippen molar-refractivity contribution in [2.24, 2.45) is 0 Å². The highest BCUT2D eigenvalue weighted by Crippen LogP contribution is 2.49. The summed E-state index contributed by atoms with van der Waals surface area (Å²) in [6, 6.07) is 14.7. The first kappa shape index (κ1) is 29.1. The van der Waals surface area contributed by atoms with Crippen LogP contribution in [0.25, 0.3) is 22.3 Å². The van der Waals surface area contributed by atoms with Crippen LogP contribution < -0.4 is 9.04 Å². The molecule has 0 spiro atoms. The molecule has 226 valence electrons. The van der Waals surface area contributed by atoms with Gasteiger partial charge in [0.1, 0.15) is 34.2 Å². The van der Waals surface area contributed by atoms with Crippen LogP contribution in [0.3, 0.4) is 0 Å². The van der Waals surface area contributed by atoms with E-state index in [0.717, 1.165) is 25.4 Å². The topological polar surface area (TPSA) is 134 Å². The van der Waals surface area contributed by atoms with Gasteiger partial charge >= 0.3 is 5.97 Å². The molecule has 2 aliphatic rings. The number of rotatable bonds is 9. The van der Waals surface area contributed by atoms with Crippen LogP contribution >= 0.6 is 0 Å². The maximum absolute atomic E-state index is 13.2. The van der Waals surface area contributed by atoms with E-state index < -0.39 is 32.1 Å². The molecule has 10 nitrogen and oxygen atoms in total. The number of ether oxygens (including phenoxy) is 1. The second kappa shape index (κ2) is 10.6. The summed E-state index contributed by atoms with van der Waals surface area (Å²) >= 11 is 0. The van der Waals surface area contributed by atoms with Gasteiger partial charge in [-0.3, -0.25) is 4.31 Å². The Labute approximate surface area is 248 Å². The zero-order valence-corrected chi connectivity index (χ0v) is 25.0. The van der Waals surface area contributed by atoms with Crippen molar-refractivity contribution >= 4 is 42.7 Å². The number of carboxylic acid groups (broad SMARTS) is 1. The van der Waals surface area contributed by atoms with Gasteiger partial charge in [-0.2, -0.15) is 4.31 Å². The van der Waals surface area contributed by atoms with Gasteiger partial charge in [0.2, 0.25) is 20.0 Å². The SMILES string of the molecule is CS(=O)(=O)N1CCC(N(c2cc3oc(-c4ccc(Oc5ccc(F)cc5)cc4)c(C(=O)O)c3cc2C2CC2)S(C)(=O)=O)C1. The Morgan fingerprint density at radius 2 is 1.60 bits per heavy atom. The highest BCUT2D eigenvalue weighted by Gasteiger charge is 2.40. The van der Waals surface area contributed by atoms with Crippen molar-refractivity contribution in [1.29, 1.82) is 0 Å². The van der Waals surface area contributed by atoms with Crippen molar-refractivity contribution in [3.8, 4) is 22.8 Å². The minimum absolute atomic E-state index is 0.0180. The number of carbonyl (C=O) groups is 1. The van der Waals surface area contributed by atoms with Gasteiger partial charge in [0, 0.05) is 30.1 Å². The number of aromatic carboxylic acids is 1. The summed E-state index contributed by atoms with van der Waals surface area (Å²) in [5, 5.41) is 10.6. The van der Waals surface area contributed by atoms with Gasteiger partial charge in [0.15, 0.2) is 0 Å². The van der Waals surface area contributed by atoms with Gasteiger partial charge < -0.3 is 14.3 Å². The summed E-state index contributed by atoms with van der Waals surface area (Å²) < 4.78 is 78.4. The molecule has 3 aromatic carbocycles. The Balaban J connectivity index is 1.42. The fourth-order valence-corrected chi connectivity index (χ4v) is 7.75. The highest BCUT2D eigenvalue weighted by molar-refractivity contribution is 7.92. The first-order valence-electron chi connectivity index (χ1n) is 13.6. The molecule has 1 aliphatic carbocycles.